The summed E-state index contributed by atoms with van der Waals surface area (Å²) < 4.78 is 5.49. The Morgan fingerprint density at radius 2 is 0.673 bits per heavy atom. The molecule has 0 spiro atoms. The van der Waals surface area contributed by atoms with Crippen molar-refractivity contribution >= 4 is 5.97 Å². The summed E-state index contributed by atoms with van der Waals surface area (Å²) in [6.07, 6.45) is 62.0. The van der Waals surface area contributed by atoms with E-state index in [1.807, 2.05) is 0 Å². The molecular formula is C50H98O2. The Hall–Kier alpha value is -0.790. The number of carbonyl (C=O) groups is 1. The molecule has 0 aromatic carbocycles. The Labute approximate surface area is 329 Å². The zero-order valence-corrected chi connectivity index (χ0v) is 36.5. The van der Waals surface area contributed by atoms with Gasteiger partial charge in [0, 0.05) is 6.42 Å². The number of allylic oxidation sites excluding steroid dienone is 2. The molecule has 0 bridgehead atoms. The van der Waals surface area contributed by atoms with Crippen LogP contribution < -0.4 is 0 Å². The SMILES string of the molecule is CCCCCCC=CCCCCCCCCCCCC(=O)OCCCCCCCCCCCCCCCCCCCCCCCCCCCC(C)C. The fourth-order valence-corrected chi connectivity index (χ4v) is 7.67. The summed E-state index contributed by atoms with van der Waals surface area (Å²) in [5.74, 6) is 0.914. The largest absolute Gasteiger partial charge is 0.466 e. The summed E-state index contributed by atoms with van der Waals surface area (Å²) in [6.45, 7) is 7.60. The number of esters is 1. The number of carbonyl (C=O) groups excluding carboxylic acids is 1. The normalized spacial score (nSPS) is 11.8. The lowest BCUT2D eigenvalue weighted by molar-refractivity contribution is -0.143. The van der Waals surface area contributed by atoms with Gasteiger partial charge < -0.3 is 4.74 Å². The van der Waals surface area contributed by atoms with Crippen molar-refractivity contribution in [3.8, 4) is 0 Å². The van der Waals surface area contributed by atoms with Crippen LogP contribution >= 0.6 is 0 Å². The molecular weight excluding hydrogens is 633 g/mol. The highest BCUT2D eigenvalue weighted by Gasteiger charge is 2.03. The quantitative estimate of drug-likeness (QED) is 0.0354. The van der Waals surface area contributed by atoms with Crippen molar-refractivity contribution < 1.29 is 9.53 Å². The third-order valence-electron chi connectivity index (χ3n) is 11.3. The predicted molar refractivity (Wildman–Crippen MR) is 235 cm³/mol. The molecule has 0 aliphatic carbocycles. The van der Waals surface area contributed by atoms with Crippen molar-refractivity contribution in [1.82, 2.24) is 0 Å². The summed E-state index contributed by atoms with van der Waals surface area (Å²) in [6, 6.07) is 0. The minimum atomic E-state index is 0.0275. The molecule has 0 aliphatic heterocycles. The Kier molecular flexibility index (Phi) is 45.7. The van der Waals surface area contributed by atoms with E-state index in [0.29, 0.717) is 13.0 Å². The fraction of sp³-hybridized carbons (Fsp3) is 0.940. The summed E-state index contributed by atoms with van der Waals surface area (Å²) in [7, 11) is 0. The first kappa shape index (κ1) is 51.2. The minimum absolute atomic E-state index is 0.0275. The molecule has 2 heteroatoms. The molecule has 310 valence electrons. The molecule has 0 fully saturated rings. The van der Waals surface area contributed by atoms with Gasteiger partial charge in [-0.1, -0.05) is 258 Å². The van der Waals surface area contributed by atoms with Gasteiger partial charge in [-0.3, -0.25) is 4.79 Å². The van der Waals surface area contributed by atoms with Gasteiger partial charge in [-0.05, 0) is 44.4 Å². The molecule has 0 amide bonds. The topological polar surface area (TPSA) is 26.3 Å². The first-order valence-corrected chi connectivity index (χ1v) is 24.5. The first-order valence-electron chi connectivity index (χ1n) is 24.5. The molecule has 0 radical (unpaired) electrons. The Morgan fingerprint density at radius 3 is 1.02 bits per heavy atom. The maximum absolute atomic E-state index is 12.0. The zero-order valence-electron chi connectivity index (χ0n) is 36.5. The maximum atomic E-state index is 12.0. The van der Waals surface area contributed by atoms with Gasteiger partial charge in [-0.2, -0.15) is 0 Å². The molecule has 0 aromatic rings. The predicted octanol–water partition coefficient (Wildman–Crippen LogP) is 18.1. The van der Waals surface area contributed by atoms with Gasteiger partial charge in [0.1, 0.15) is 0 Å². The fourth-order valence-electron chi connectivity index (χ4n) is 7.67. The standard InChI is InChI=1S/C50H98O2/c1-4-5-6-7-8-9-10-11-12-22-26-29-32-35-38-41-44-47-50(51)52-48-45-42-39-36-33-30-27-24-21-19-17-15-13-14-16-18-20-23-25-28-31-34-37-40-43-46-49(2)3/h9-10,49H,4-8,11-48H2,1-3H3. The third-order valence-corrected chi connectivity index (χ3v) is 11.3. The van der Waals surface area contributed by atoms with Crippen molar-refractivity contribution in [2.45, 2.75) is 290 Å². The summed E-state index contributed by atoms with van der Waals surface area (Å²) in [5, 5.41) is 0. The van der Waals surface area contributed by atoms with E-state index in [0.717, 1.165) is 18.8 Å². The molecule has 0 atom stereocenters. The van der Waals surface area contributed by atoms with Gasteiger partial charge >= 0.3 is 5.97 Å². The summed E-state index contributed by atoms with van der Waals surface area (Å²) in [5.41, 5.74) is 0. The number of unbranched alkanes of at least 4 members (excludes halogenated alkanes) is 37. The maximum Gasteiger partial charge on any atom is 0.305 e. The van der Waals surface area contributed by atoms with Crippen LogP contribution in [0.25, 0.3) is 0 Å². The lowest BCUT2D eigenvalue weighted by Crippen LogP contribution is -2.05. The Morgan fingerprint density at radius 1 is 0.385 bits per heavy atom. The molecule has 0 N–H and O–H groups in total. The minimum Gasteiger partial charge on any atom is -0.466 e. The van der Waals surface area contributed by atoms with Crippen LogP contribution in [-0.4, -0.2) is 12.6 Å². The van der Waals surface area contributed by atoms with E-state index in [-0.39, 0.29) is 5.97 Å². The second-order valence-electron chi connectivity index (χ2n) is 17.3. The summed E-state index contributed by atoms with van der Waals surface area (Å²) in [4.78, 5) is 12.0. The van der Waals surface area contributed by atoms with E-state index in [9.17, 15) is 4.79 Å². The van der Waals surface area contributed by atoms with Gasteiger partial charge in [-0.15, -0.1) is 0 Å². The lowest BCUT2D eigenvalue weighted by atomic mass is 10.0. The van der Waals surface area contributed by atoms with Gasteiger partial charge in [0.2, 0.25) is 0 Å². The van der Waals surface area contributed by atoms with Crippen molar-refractivity contribution in [2.24, 2.45) is 5.92 Å². The number of hydrogen-bond acceptors (Lipinski definition) is 2. The molecule has 0 aliphatic rings. The van der Waals surface area contributed by atoms with Gasteiger partial charge in [0.25, 0.3) is 0 Å². The number of hydrogen-bond donors (Lipinski definition) is 0. The Balaban J connectivity index is 3.16. The smallest absolute Gasteiger partial charge is 0.305 e. The number of ether oxygens (including phenoxy) is 1. The van der Waals surface area contributed by atoms with Crippen molar-refractivity contribution in [3.05, 3.63) is 12.2 Å². The summed E-state index contributed by atoms with van der Waals surface area (Å²) >= 11 is 0. The van der Waals surface area contributed by atoms with E-state index in [2.05, 4.69) is 32.9 Å². The van der Waals surface area contributed by atoms with E-state index in [1.165, 1.54) is 250 Å². The van der Waals surface area contributed by atoms with Gasteiger partial charge in [0.05, 0.1) is 6.61 Å². The van der Waals surface area contributed by atoms with Crippen molar-refractivity contribution in [2.75, 3.05) is 6.61 Å². The average molecular weight is 731 g/mol. The molecule has 0 heterocycles. The molecule has 0 rings (SSSR count). The Bertz CT molecular complexity index is 682. The van der Waals surface area contributed by atoms with Crippen LogP contribution in [0.3, 0.4) is 0 Å². The van der Waals surface area contributed by atoms with E-state index in [1.54, 1.807) is 0 Å². The van der Waals surface area contributed by atoms with Crippen LogP contribution in [0, 0.1) is 5.92 Å². The van der Waals surface area contributed by atoms with Crippen molar-refractivity contribution in [3.63, 3.8) is 0 Å². The highest BCUT2D eigenvalue weighted by Crippen LogP contribution is 2.17. The second kappa shape index (κ2) is 46.4. The molecule has 0 unspecified atom stereocenters. The lowest BCUT2D eigenvalue weighted by Gasteiger charge is -2.06. The third kappa shape index (κ3) is 47.2. The molecule has 0 saturated heterocycles. The monoisotopic (exact) mass is 731 g/mol. The van der Waals surface area contributed by atoms with Crippen LogP contribution in [0.2, 0.25) is 0 Å². The van der Waals surface area contributed by atoms with Crippen LogP contribution in [0.15, 0.2) is 12.2 Å². The molecule has 2 nitrogen and oxygen atoms in total. The van der Waals surface area contributed by atoms with Crippen LogP contribution in [-0.2, 0) is 9.53 Å². The highest BCUT2D eigenvalue weighted by atomic mass is 16.5. The van der Waals surface area contributed by atoms with Crippen LogP contribution in [0.1, 0.15) is 290 Å². The number of rotatable bonds is 45. The highest BCUT2D eigenvalue weighted by molar-refractivity contribution is 5.69. The van der Waals surface area contributed by atoms with Crippen LogP contribution in [0.5, 0.6) is 0 Å². The first-order chi connectivity index (χ1) is 25.7. The average Bonchev–Trinajstić information content (AvgIpc) is 3.13. The second-order valence-corrected chi connectivity index (χ2v) is 17.3. The molecule has 0 aromatic heterocycles. The van der Waals surface area contributed by atoms with Crippen molar-refractivity contribution in [1.29, 1.82) is 0 Å². The van der Waals surface area contributed by atoms with Crippen LogP contribution in [0.4, 0.5) is 0 Å². The zero-order chi connectivity index (χ0) is 37.7. The molecule has 0 saturated carbocycles. The van der Waals surface area contributed by atoms with E-state index >= 15 is 0 Å². The van der Waals surface area contributed by atoms with E-state index < -0.39 is 0 Å². The van der Waals surface area contributed by atoms with Gasteiger partial charge in [0.15, 0.2) is 0 Å². The van der Waals surface area contributed by atoms with E-state index in [4.69, 9.17) is 4.74 Å². The molecule has 52 heavy (non-hydrogen) atoms. The van der Waals surface area contributed by atoms with Gasteiger partial charge in [-0.25, -0.2) is 0 Å².